The van der Waals surface area contributed by atoms with Gasteiger partial charge in [0.1, 0.15) is 0 Å². The van der Waals surface area contributed by atoms with E-state index in [1.807, 2.05) is 0 Å². The Balaban J connectivity index is 1.68. The van der Waals surface area contributed by atoms with Gasteiger partial charge in [-0.05, 0) is 54.6 Å². The van der Waals surface area contributed by atoms with Crippen LogP contribution in [0.5, 0.6) is 0 Å². The van der Waals surface area contributed by atoms with Crippen LogP contribution in [0.2, 0.25) is 0 Å². The van der Waals surface area contributed by atoms with Crippen LogP contribution in [-0.4, -0.2) is 6.54 Å². The van der Waals surface area contributed by atoms with Gasteiger partial charge in [-0.15, -0.1) is 0 Å². The van der Waals surface area contributed by atoms with E-state index in [-0.39, 0.29) is 0 Å². The summed E-state index contributed by atoms with van der Waals surface area (Å²) in [7, 11) is 0. The minimum absolute atomic E-state index is 0.599. The molecule has 2 aliphatic carbocycles. The zero-order valence-electron chi connectivity index (χ0n) is 12.4. The van der Waals surface area contributed by atoms with Gasteiger partial charge in [-0.1, -0.05) is 44.5 Å². The van der Waals surface area contributed by atoms with E-state index in [4.69, 9.17) is 0 Å². The Morgan fingerprint density at radius 3 is 2.58 bits per heavy atom. The fourth-order valence-electron chi connectivity index (χ4n) is 3.78. The highest BCUT2D eigenvalue weighted by atomic mass is 14.9. The molecular weight excluding hydrogens is 230 g/mol. The lowest BCUT2D eigenvalue weighted by molar-refractivity contribution is 0.359. The van der Waals surface area contributed by atoms with Crippen LogP contribution in [0.15, 0.2) is 24.3 Å². The first-order valence-corrected chi connectivity index (χ1v) is 8.06. The molecule has 1 nitrogen and oxygen atoms in total. The van der Waals surface area contributed by atoms with E-state index < -0.39 is 0 Å². The van der Waals surface area contributed by atoms with Crippen LogP contribution in [0, 0.1) is 5.41 Å². The molecule has 0 aromatic heterocycles. The van der Waals surface area contributed by atoms with Crippen molar-refractivity contribution in [1.82, 2.24) is 5.32 Å². The van der Waals surface area contributed by atoms with Crippen LogP contribution >= 0.6 is 0 Å². The first-order chi connectivity index (χ1) is 9.24. The van der Waals surface area contributed by atoms with Crippen molar-refractivity contribution >= 4 is 0 Å². The Kier molecular flexibility index (Phi) is 3.66. The first-order valence-electron chi connectivity index (χ1n) is 8.06. The van der Waals surface area contributed by atoms with Gasteiger partial charge in [-0.25, -0.2) is 0 Å². The second-order valence-electron chi connectivity index (χ2n) is 6.79. The molecule has 1 saturated carbocycles. The van der Waals surface area contributed by atoms with Crippen LogP contribution in [0.25, 0.3) is 0 Å². The molecule has 0 aliphatic heterocycles. The molecule has 2 unspecified atom stereocenters. The van der Waals surface area contributed by atoms with Gasteiger partial charge in [0, 0.05) is 12.6 Å². The molecule has 0 radical (unpaired) electrons. The van der Waals surface area contributed by atoms with Crippen LogP contribution in [0.3, 0.4) is 0 Å². The molecule has 1 N–H and O–H groups in total. The molecule has 19 heavy (non-hydrogen) atoms. The lowest BCUT2D eigenvalue weighted by atomic mass is 9.81. The Morgan fingerprint density at radius 2 is 1.89 bits per heavy atom. The Hall–Kier alpha value is -0.820. The van der Waals surface area contributed by atoms with Crippen molar-refractivity contribution in [2.75, 3.05) is 6.54 Å². The highest BCUT2D eigenvalue weighted by molar-refractivity contribution is 5.35. The third kappa shape index (κ3) is 2.72. The first kappa shape index (κ1) is 13.2. The van der Waals surface area contributed by atoms with Crippen LogP contribution in [0.1, 0.15) is 75.5 Å². The molecule has 104 valence electrons. The predicted octanol–water partition coefficient (Wildman–Crippen LogP) is 4.79. The van der Waals surface area contributed by atoms with Crippen molar-refractivity contribution in [3.8, 4) is 0 Å². The number of fused-ring (bicyclic) bond motifs is 1. The minimum Gasteiger partial charge on any atom is -0.309 e. The number of benzene rings is 1. The molecule has 2 atom stereocenters. The number of hydrogen-bond donors (Lipinski definition) is 1. The summed E-state index contributed by atoms with van der Waals surface area (Å²) < 4.78 is 0. The van der Waals surface area contributed by atoms with Gasteiger partial charge < -0.3 is 5.32 Å². The summed E-state index contributed by atoms with van der Waals surface area (Å²) in [4.78, 5) is 0. The lowest BCUT2D eigenvalue weighted by Gasteiger charge is -2.31. The average molecular weight is 257 g/mol. The molecule has 0 heterocycles. The summed E-state index contributed by atoms with van der Waals surface area (Å²) in [6, 6.07) is 9.65. The van der Waals surface area contributed by atoms with E-state index in [1.54, 1.807) is 11.1 Å². The quantitative estimate of drug-likeness (QED) is 0.799. The Morgan fingerprint density at radius 1 is 1.16 bits per heavy atom. The third-order valence-electron chi connectivity index (χ3n) is 5.25. The molecule has 3 rings (SSSR count). The number of nitrogens with one attached hydrogen (secondary N) is 1. The largest absolute Gasteiger partial charge is 0.309 e. The molecule has 0 spiro atoms. The number of hydrogen-bond acceptors (Lipinski definition) is 1. The van der Waals surface area contributed by atoms with E-state index in [1.165, 1.54) is 45.1 Å². The van der Waals surface area contributed by atoms with Gasteiger partial charge >= 0.3 is 0 Å². The van der Waals surface area contributed by atoms with Crippen molar-refractivity contribution in [1.29, 1.82) is 0 Å². The molecule has 0 saturated heterocycles. The van der Waals surface area contributed by atoms with E-state index in [0.29, 0.717) is 11.5 Å². The lowest BCUT2D eigenvalue weighted by Crippen LogP contribution is -2.31. The van der Waals surface area contributed by atoms with Gasteiger partial charge in [0.2, 0.25) is 0 Å². The highest BCUT2D eigenvalue weighted by Gasteiger charge is 2.41. The predicted molar refractivity (Wildman–Crippen MR) is 81.4 cm³/mol. The van der Waals surface area contributed by atoms with Crippen molar-refractivity contribution in [2.45, 2.75) is 64.3 Å². The van der Waals surface area contributed by atoms with Gasteiger partial charge in [0.05, 0.1) is 0 Å². The Bertz CT molecular complexity index is 433. The maximum atomic E-state index is 3.89. The van der Waals surface area contributed by atoms with Crippen molar-refractivity contribution in [3.05, 3.63) is 35.4 Å². The minimum atomic E-state index is 0.599. The molecule has 0 bridgehead atoms. The molecular formula is C18H27N. The van der Waals surface area contributed by atoms with Crippen LogP contribution in [-0.2, 0) is 0 Å². The second kappa shape index (κ2) is 5.28. The summed E-state index contributed by atoms with van der Waals surface area (Å²) in [5.41, 5.74) is 3.80. The fourth-order valence-corrected chi connectivity index (χ4v) is 3.78. The maximum absolute atomic E-state index is 3.89. The summed E-state index contributed by atoms with van der Waals surface area (Å²) >= 11 is 0. The van der Waals surface area contributed by atoms with Crippen molar-refractivity contribution in [2.24, 2.45) is 5.41 Å². The van der Waals surface area contributed by atoms with Gasteiger partial charge in [-0.3, -0.25) is 0 Å². The van der Waals surface area contributed by atoms with E-state index in [0.717, 1.165) is 5.92 Å². The topological polar surface area (TPSA) is 12.0 Å². The molecule has 1 aromatic carbocycles. The fraction of sp³-hybridized carbons (Fsp3) is 0.667. The second-order valence-corrected chi connectivity index (χ2v) is 6.79. The zero-order chi connectivity index (χ0) is 13.3. The van der Waals surface area contributed by atoms with Gasteiger partial charge in [0.25, 0.3) is 0 Å². The molecule has 2 aliphatic rings. The third-order valence-corrected chi connectivity index (χ3v) is 5.25. The average Bonchev–Trinajstić information content (AvgIpc) is 3.19. The molecule has 1 fully saturated rings. The van der Waals surface area contributed by atoms with Gasteiger partial charge in [-0.2, -0.15) is 0 Å². The molecule has 1 aromatic rings. The standard InChI is InChI=1S/C18H27N/c1-3-10-18(11-12-18)13-19-17-9-8-14(2)15-6-4-5-7-16(15)17/h4-7,14,17,19H,3,8-13H2,1-2H3. The molecule has 1 heteroatoms. The smallest absolute Gasteiger partial charge is 0.0323 e. The zero-order valence-corrected chi connectivity index (χ0v) is 12.4. The monoisotopic (exact) mass is 257 g/mol. The van der Waals surface area contributed by atoms with Crippen LogP contribution in [0.4, 0.5) is 0 Å². The normalized spacial score (nSPS) is 27.9. The summed E-state index contributed by atoms with van der Waals surface area (Å²) in [6.45, 7) is 5.92. The SMILES string of the molecule is CCCC1(CNC2CCC(C)c3ccccc32)CC1. The summed E-state index contributed by atoms with van der Waals surface area (Å²) in [5.74, 6) is 0.736. The van der Waals surface area contributed by atoms with Gasteiger partial charge in [0.15, 0.2) is 0 Å². The molecule has 0 amide bonds. The maximum Gasteiger partial charge on any atom is 0.0323 e. The van der Waals surface area contributed by atoms with E-state index in [9.17, 15) is 0 Å². The summed E-state index contributed by atoms with van der Waals surface area (Å²) in [6.07, 6.45) is 8.26. The van der Waals surface area contributed by atoms with Crippen LogP contribution < -0.4 is 5.32 Å². The van der Waals surface area contributed by atoms with E-state index >= 15 is 0 Å². The van der Waals surface area contributed by atoms with E-state index in [2.05, 4.69) is 43.4 Å². The van der Waals surface area contributed by atoms with Crippen molar-refractivity contribution in [3.63, 3.8) is 0 Å². The highest BCUT2D eigenvalue weighted by Crippen LogP contribution is 2.49. The van der Waals surface area contributed by atoms with Crippen molar-refractivity contribution < 1.29 is 0 Å². The summed E-state index contributed by atoms with van der Waals surface area (Å²) in [5, 5.41) is 3.89. The Labute approximate surface area is 117 Å². The number of rotatable bonds is 5.